The predicted molar refractivity (Wildman–Crippen MR) is 74.8 cm³/mol. The van der Waals surface area contributed by atoms with E-state index in [-0.39, 0.29) is 5.91 Å². The average Bonchev–Trinajstić information content (AvgIpc) is 2.70. The fourth-order valence-electron chi connectivity index (χ4n) is 1.51. The van der Waals surface area contributed by atoms with Crippen LogP contribution in [-0.4, -0.2) is 25.5 Å². The van der Waals surface area contributed by atoms with Gasteiger partial charge in [-0.05, 0) is 19.9 Å². The van der Waals surface area contributed by atoms with E-state index in [4.69, 9.17) is 5.73 Å². The van der Waals surface area contributed by atoms with Crippen molar-refractivity contribution < 1.29 is 4.79 Å². The molecule has 1 amide bonds. The van der Waals surface area contributed by atoms with Crippen molar-refractivity contribution >= 4 is 27.9 Å². The summed E-state index contributed by atoms with van der Waals surface area (Å²) in [6.07, 6.45) is 1.65. The molecule has 94 valence electrons. The standard InChI is InChI=1S/C12H19N3OS/c1-4-7-14-12(16)11-9(13)8-10(17-11)15(5-2)6-3/h4,8H,1,5-7,13H2,2-3H3,(H,14,16). The second-order valence-electron chi connectivity index (χ2n) is 3.54. The molecule has 0 bridgehead atoms. The lowest BCUT2D eigenvalue weighted by Gasteiger charge is -2.17. The zero-order valence-electron chi connectivity index (χ0n) is 10.3. The van der Waals surface area contributed by atoms with Gasteiger partial charge in [0.2, 0.25) is 0 Å². The molecule has 3 N–H and O–H groups in total. The molecule has 5 heteroatoms. The first-order chi connectivity index (χ1) is 8.13. The molecule has 1 aromatic heterocycles. The van der Waals surface area contributed by atoms with Gasteiger partial charge in [0.05, 0.1) is 10.7 Å². The minimum absolute atomic E-state index is 0.134. The SMILES string of the molecule is C=CCNC(=O)c1sc(N(CC)CC)cc1N. The first kappa shape index (κ1) is 13.6. The van der Waals surface area contributed by atoms with Crippen LogP contribution in [-0.2, 0) is 0 Å². The van der Waals surface area contributed by atoms with Gasteiger partial charge < -0.3 is 16.0 Å². The highest BCUT2D eigenvalue weighted by atomic mass is 32.1. The highest BCUT2D eigenvalue weighted by Crippen LogP contribution is 2.31. The van der Waals surface area contributed by atoms with E-state index in [1.54, 1.807) is 6.08 Å². The van der Waals surface area contributed by atoms with E-state index in [9.17, 15) is 4.79 Å². The summed E-state index contributed by atoms with van der Waals surface area (Å²) in [7, 11) is 0. The zero-order chi connectivity index (χ0) is 12.8. The maximum absolute atomic E-state index is 11.8. The van der Waals surface area contributed by atoms with Gasteiger partial charge in [-0.1, -0.05) is 6.08 Å². The van der Waals surface area contributed by atoms with Crippen molar-refractivity contribution in [3.05, 3.63) is 23.6 Å². The van der Waals surface area contributed by atoms with E-state index >= 15 is 0 Å². The number of hydrogen-bond donors (Lipinski definition) is 2. The number of nitrogens with two attached hydrogens (primary N) is 1. The summed E-state index contributed by atoms with van der Waals surface area (Å²) in [4.78, 5) is 14.5. The first-order valence-corrected chi connectivity index (χ1v) is 6.49. The molecular weight excluding hydrogens is 234 g/mol. The van der Waals surface area contributed by atoms with Gasteiger partial charge >= 0.3 is 0 Å². The van der Waals surface area contributed by atoms with Crippen LogP contribution in [0.25, 0.3) is 0 Å². The topological polar surface area (TPSA) is 58.4 Å². The molecule has 1 aromatic rings. The van der Waals surface area contributed by atoms with E-state index in [2.05, 4.69) is 30.6 Å². The van der Waals surface area contributed by atoms with Crippen LogP contribution in [0.2, 0.25) is 0 Å². The summed E-state index contributed by atoms with van der Waals surface area (Å²) >= 11 is 1.43. The molecule has 1 heterocycles. The molecule has 0 spiro atoms. The average molecular weight is 253 g/mol. The van der Waals surface area contributed by atoms with Crippen LogP contribution in [0, 0.1) is 0 Å². The molecule has 0 fully saturated rings. The quantitative estimate of drug-likeness (QED) is 0.763. The van der Waals surface area contributed by atoms with E-state index in [0.29, 0.717) is 17.1 Å². The number of carbonyl (C=O) groups excluding carboxylic acids is 1. The molecule has 1 rings (SSSR count). The fourth-order valence-corrected chi connectivity index (χ4v) is 2.63. The molecule has 0 aliphatic heterocycles. The van der Waals surface area contributed by atoms with Crippen LogP contribution in [0.1, 0.15) is 23.5 Å². The number of thiophene rings is 1. The summed E-state index contributed by atoms with van der Waals surface area (Å²) in [6, 6.07) is 1.86. The number of rotatable bonds is 6. The summed E-state index contributed by atoms with van der Waals surface area (Å²) in [5.41, 5.74) is 6.40. The molecule has 0 atom stereocenters. The summed E-state index contributed by atoms with van der Waals surface area (Å²) in [6.45, 7) is 9.99. The number of anilines is 2. The van der Waals surface area contributed by atoms with E-state index in [1.165, 1.54) is 11.3 Å². The van der Waals surface area contributed by atoms with Gasteiger partial charge in [0, 0.05) is 19.6 Å². The molecule has 4 nitrogen and oxygen atoms in total. The third-order valence-corrected chi connectivity index (χ3v) is 3.65. The minimum atomic E-state index is -0.134. The van der Waals surface area contributed by atoms with E-state index in [1.807, 2.05) is 6.07 Å². The number of nitrogens with one attached hydrogen (secondary N) is 1. The van der Waals surface area contributed by atoms with Crippen LogP contribution < -0.4 is 16.0 Å². The van der Waals surface area contributed by atoms with Crippen LogP contribution >= 0.6 is 11.3 Å². The van der Waals surface area contributed by atoms with Crippen molar-refractivity contribution in [2.45, 2.75) is 13.8 Å². The van der Waals surface area contributed by atoms with Gasteiger partial charge in [-0.25, -0.2) is 0 Å². The summed E-state index contributed by atoms with van der Waals surface area (Å²) in [5, 5.41) is 3.77. The Morgan fingerprint density at radius 2 is 2.24 bits per heavy atom. The highest BCUT2D eigenvalue weighted by Gasteiger charge is 2.15. The second-order valence-corrected chi connectivity index (χ2v) is 4.57. The molecule has 0 saturated heterocycles. The molecule has 0 unspecified atom stereocenters. The van der Waals surface area contributed by atoms with E-state index in [0.717, 1.165) is 18.1 Å². The Kier molecular flexibility index (Phi) is 5.03. The maximum atomic E-state index is 11.8. The highest BCUT2D eigenvalue weighted by molar-refractivity contribution is 7.18. The van der Waals surface area contributed by atoms with Crippen LogP contribution in [0.15, 0.2) is 18.7 Å². The Hall–Kier alpha value is -1.49. The van der Waals surface area contributed by atoms with Crippen LogP contribution in [0.3, 0.4) is 0 Å². The van der Waals surface area contributed by atoms with Crippen molar-refractivity contribution in [1.82, 2.24) is 5.32 Å². The summed E-state index contributed by atoms with van der Waals surface area (Å²) in [5.74, 6) is -0.134. The molecule has 0 saturated carbocycles. The van der Waals surface area contributed by atoms with Crippen LogP contribution in [0.4, 0.5) is 10.7 Å². The van der Waals surface area contributed by atoms with Gasteiger partial charge in [-0.2, -0.15) is 0 Å². The first-order valence-electron chi connectivity index (χ1n) is 5.67. The Morgan fingerprint density at radius 1 is 1.59 bits per heavy atom. The fraction of sp³-hybridized carbons (Fsp3) is 0.417. The third kappa shape index (κ3) is 3.23. The Bertz CT molecular complexity index is 396. The van der Waals surface area contributed by atoms with Crippen molar-refractivity contribution in [3.63, 3.8) is 0 Å². The molecule has 0 aliphatic carbocycles. The molecular formula is C12H19N3OS. The zero-order valence-corrected chi connectivity index (χ0v) is 11.1. The monoisotopic (exact) mass is 253 g/mol. The Labute approximate surface area is 106 Å². The second kappa shape index (κ2) is 6.30. The molecule has 0 radical (unpaired) electrons. The molecule has 0 aliphatic rings. The lowest BCUT2D eigenvalue weighted by atomic mass is 10.3. The van der Waals surface area contributed by atoms with Gasteiger partial charge in [0.25, 0.3) is 5.91 Å². The third-order valence-electron chi connectivity index (χ3n) is 2.44. The largest absolute Gasteiger partial charge is 0.397 e. The predicted octanol–water partition coefficient (Wildman–Crippen LogP) is 2.09. The van der Waals surface area contributed by atoms with Crippen molar-refractivity contribution in [3.8, 4) is 0 Å². The summed E-state index contributed by atoms with van der Waals surface area (Å²) < 4.78 is 0. The van der Waals surface area contributed by atoms with Crippen molar-refractivity contribution in [2.24, 2.45) is 0 Å². The van der Waals surface area contributed by atoms with E-state index < -0.39 is 0 Å². The lowest BCUT2D eigenvalue weighted by molar-refractivity contribution is 0.0963. The molecule has 0 aromatic carbocycles. The Morgan fingerprint density at radius 3 is 2.76 bits per heavy atom. The van der Waals surface area contributed by atoms with Crippen molar-refractivity contribution in [1.29, 1.82) is 0 Å². The van der Waals surface area contributed by atoms with Crippen molar-refractivity contribution in [2.75, 3.05) is 30.3 Å². The van der Waals surface area contributed by atoms with Gasteiger partial charge in [-0.3, -0.25) is 4.79 Å². The smallest absolute Gasteiger partial charge is 0.263 e. The Balaban J connectivity index is 2.87. The number of nitrogen functional groups attached to an aromatic ring is 1. The number of amides is 1. The van der Waals surface area contributed by atoms with Gasteiger partial charge in [-0.15, -0.1) is 17.9 Å². The van der Waals surface area contributed by atoms with Gasteiger partial charge in [0.15, 0.2) is 0 Å². The lowest BCUT2D eigenvalue weighted by Crippen LogP contribution is -2.23. The number of carbonyl (C=O) groups is 1. The maximum Gasteiger partial charge on any atom is 0.263 e. The normalized spacial score (nSPS) is 10.0. The minimum Gasteiger partial charge on any atom is -0.397 e. The number of hydrogen-bond acceptors (Lipinski definition) is 4. The molecule has 17 heavy (non-hydrogen) atoms. The number of nitrogens with zero attached hydrogens (tertiary/aromatic N) is 1. The van der Waals surface area contributed by atoms with Crippen LogP contribution in [0.5, 0.6) is 0 Å². The van der Waals surface area contributed by atoms with Gasteiger partial charge in [0.1, 0.15) is 4.88 Å².